The molecule has 4 nitrogen and oxygen atoms in total. The van der Waals surface area contributed by atoms with E-state index in [1.54, 1.807) is 6.92 Å². The Labute approximate surface area is 100 Å². The van der Waals surface area contributed by atoms with Crippen LogP contribution in [0, 0.1) is 17.1 Å². The zero-order chi connectivity index (χ0) is 12.1. The number of halogens is 2. The molecule has 0 bridgehead atoms. The van der Waals surface area contributed by atoms with Gasteiger partial charge in [-0.3, -0.25) is 5.32 Å². The number of amides is 1. The minimum atomic E-state index is -0.722. The lowest BCUT2D eigenvalue weighted by Gasteiger charge is -2.07. The van der Waals surface area contributed by atoms with E-state index in [9.17, 15) is 9.18 Å². The Morgan fingerprint density at radius 3 is 2.94 bits per heavy atom. The van der Waals surface area contributed by atoms with Gasteiger partial charge in [-0.15, -0.1) is 0 Å². The normalized spacial score (nSPS) is 9.38. The lowest BCUT2D eigenvalue weighted by molar-refractivity contribution is 0.168. The predicted octanol–water partition coefficient (Wildman–Crippen LogP) is 3.03. The molecule has 0 aliphatic heterocycles. The number of carbonyl (C=O) groups excluding carboxylic acids is 1. The van der Waals surface area contributed by atoms with E-state index < -0.39 is 11.9 Å². The summed E-state index contributed by atoms with van der Waals surface area (Å²) in [6, 6.07) is 4.19. The number of nitrogens with zero attached hydrogens (tertiary/aromatic N) is 1. The minimum Gasteiger partial charge on any atom is -0.450 e. The van der Waals surface area contributed by atoms with Crippen LogP contribution in [0.15, 0.2) is 16.6 Å². The molecule has 0 atom stereocenters. The van der Waals surface area contributed by atoms with Crippen LogP contribution < -0.4 is 5.32 Å². The van der Waals surface area contributed by atoms with Crippen molar-refractivity contribution in [3.05, 3.63) is 28.0 Å². The summed E-state index contributed by atoms with van der Waals surface area (Å²) in [5.41, 5.74) is 0.239. The monoisotopic (exact) mass is 286 g/mol. The van der Waals surface area contributed by atoms with Gasteiger partial charge in [0.05, 0.1) is 22.3 Å². The first-order valence-corrected chi connectivity index (χ1v) is 5.20. The number of ether oxygens (including phenoxy) is 1. The summed E-state index contributed by atoms with van der Waals surface area (Å²) < 4.78 is 18.0. The van der Waals surface area contributed by atoms with E-state index in [1.807, 2.05) is 6.07 Å². The molecular weight excluding hydrogens is 279 g/mol. The van der Waals surface area contributed by atoms with Crippen molar-refractivity contribution in [2.75, 3.05) is 11.9 Å². The molecule has 0 aliphatic rings. The Morgan fingerprint density at radius 1 is 1.69 bits per heavy atom. The highest BCUT2D eigenvalue weighted by Gasteiger charge is 2.11. The van der Waals surface area contributed by atoms with Crippen LogP contribution in [-0.4, -0.2) is 12.7 Å². The number of hydrogen-bond acceptors (Lipinski definition) is 3. The highest BCUT2D eigenvalue weighted by molar-refractivity contribution is 9.10. The van der Waals surface area contributed by atoms with Crippen molar-refractivity contribution in [2.24, 2.45) is 0 Å². The number of nitrogens with one attached hydrogen (secondary N) is 1. The maximum absolute atomic E-state index is 13.2. The average Bonchev–Trinajstić information content (AvgIpc) is 2.23. The second-order valence-corrected chi connectivity index (χ2v) is 3.62. The van der Waals surface area contributed by atoms with Gasteiger partial charge < -0.3 is 4.74 Å². The third kappa shape index (κ3) is 2.94. The van der Waals surface area contributed by atoms with Gasteiger partial charge >= 0.3 is 6.09 Å². The highest BCUT2D eigenvalue weighted by atomic mass is 79.9. The summed E-state index contributed by atoms with van der Waals surface area (Å²) in [7, 11) is 0. The summed E-state index contributed by atoms with van der Waals surface area (Å²) in [5, 5.41) is 11.1. The summed E-state index contributed by atoms with van der Waals surface area (Å²) in [4.78, 5) is 11.1. The van der Waals surface area contributed by atoms with E-state index in [-0.39, 0.29) is 22.3 Å². The lowest BCUT2D eigenvalue weighted by atomic mass is 10.2. The summed E-state index contributed by atoms with van der Waals surface area (Å²) in [5.74, 6) is -0.564. The molecule has 0 unspecified atom stereocenters. The smallest absolute Gasteiger partial charge is 0.411 e. The quantitative estimate of drug-likeness (QED) is 0.909. The van der Waals surface area contributed by atoms with Crippen molar-refractivity contribution in [3.63, 3.8) is 0 Å². The van der Waals surface area contributed by atoms with Gasteiger partial charge in [0.2, 0.25) is 0 Å². The van der Waals surface area contributed by atoms with Gasteiger partial charge in [-0.2, -0.15) is 5.26 Å². The fourth-order valence-electron chi connectivity index (χ4n) is 1.02. The zero-order valence-electron chi connectivity index (χ0n) is 8.38. The number of anilines is 1. The molecule has 0 radical (unpaired) electrons. The highest BCUT2D eigenvalue weighted by Crippen LogP contribution is 2.24. The van der Waals surface area contributed by atoms with Crippen molar-refractivity contribution < 1.29 is 13.9 Å². The molecule has 0 saturated carbocycles. The maximum atomic E-state index is 13.2. The largest absolute Gasteiger partial charge is 0.450 e. The van der Waals surface area contributed by atoms with Gasteiger partial charge in [0.25, 0.3) is 0 Å². The van der Waals surface area contributed by atoms with Crippen molar-refractivity contribution in [1.82, 2.24) is 0 Å². The standard InChI is InChI=1S/C10H8BrFN2O2/c1-2-16-10(15)14-9-4-8(12)7(11)3-6(9)5-13/h3-4H,2H2,1H3,(H,14,15). The first kappa shape index (κ1) is 12.5. The molecular formula is C10H8BrFN2O2. The Hall–Kier alpha value is -1.61. The molecule has 1 aromatic rings. The molecule has 0 aliphatic carbocycles. The molecule has 1 amide bonds. The molecule has 0 fully saturated rings. The van der Waals surface area contributed by atoms with Crippen molar-refractivity contribution in [2.45, 2.75) is 6.92 Å². The van der Waals surface area contributed by atoms with E-state index in [0.717, 1.165) is 6.07 Å². The van der Waals surface area contributed by atoms with Crippen LogP contribution in [0.2, 0.25) is 0 Å². The molecule has 1 N–H and O–H groups in total. The molecule has 0 spiro atoms. The fraction of sp³-hybridized carbons (Fsp3) is 0.200. The second-order valence-electron chi connectivity index (χ2n) is 2.77. The number of hydrogen-bond donors (Lipinski definition) is 1. The van der Waals surface area contributed by atoms with Crippen LogP contribution in [0.1, 0.15) is 12.5 Å². The summed E-state index contributed by atoms with van der Waals surface area (Å²) in [6.45, 7) is 1.85. The first-order valence-electron chi connectivity index (χ1n) is 4.41. The molecule has 16 heavy (non-hydrogen) atoms. The second kappa shape index (κ2) is 5.47. The van der Waals surface area contributed by atoms with Crippen LogP contribution in [0.25, 0.3) is 0 Å². The Bertz CT molecular complexity index is 457. The van der Waals surface area contributed by atoms with Gasteiger partial charge in [0.15, 0.2) is 0 Å². The van der Waals surface area contributed by atoms with Gasteiger partial charge in [0.1, 0.15) is 11.9 Å². The van der Waals surface area contributed by atoms with Gasteiger partial charge in [0, 0.05) is 6.07 Å². The van der Waals surface area contributed by atoms with Crippen LogP contribution in [-0.2, 0) is 4.74 Å². The molecule has 0 aromatic heterocycles. The molecule has 0 heterocycles. The van der Waals surface area contributed by atoms with E-state index >= 15 is 0 Å². The fourth-order valence-corrected chi connectivity index (χ4v) is 1.36. The Balaban J connectivity index is 3.00. The third-order valence-electron chi connectivity index (χ3n) is 1.69. The van der Waals surface area contributed by atoms with Crippen LogP contribution in [0.5, 0.6) is 0 Å². The molecule has 84 valence electrons. The van der Waals surface area contributed by atoms with Crippen LogP contribution in [0.3, 0.4) is 0 Å². The number of carbonyl (C=O) groups is 1. The van der Waals surface area contributed by atoms with Gasteiger partial charge in [-0.05, 0) is 28.9 Å². The Morgan fingerprint density at radius 2 is 2.38 bits per heavy atom. The zero-order valence-corrected chi connectivity index (χ0v) is 9.97. The average molecular weight is 287 g/mol. The van der Waals surface area contributed by atoms with Crippen molar-refractivity contribution in [1.29, 1.82) is 5.26 Å². The van der Waals surface area contributed by atoms with E-state index in [1.165, 1.54) is 6.07 Å². The van der Waals surface area contributed by atoms with Crippen LogP contribution in [0.4, 0.5) is 14.9 Å². The molecule has 0 saturated heterocycles. The van der Waals surface area contributed by atoms with Crippen molar-refractivity contribution in [3.8, 4) is 6.07 Å². The first-order chi connectivity index (χ1) is 7.58. The molecule has 1 rings (SSSR count). The number of nitriles is 1. The third-order valence-corrected chi connectivity index (χ3v) is 2.30. The van der Waals surface area contributed by atoms with Crippen molar-refractivity contribution >= 4 is 27.7 Å². The molecule has 6 heteroatoms. The maximum Gasteiger partial charge on any atom is 0.411 e. The van der Waals surface area contributed by atoms with Crippen LogP contribution >= 0.6 is 15.9 Å². The van der Waals surface area contributed by atoms with E-state index in [4.69, 9.17) is 5.26 Å². The van der Waals surface area contributed by atoms with E-state index in [0.29, 0.717) is 0 Å². The van der Waals surface area contributed by atoms with E-state index in [2.05, 4.69) is 26.0 Å². The lowest BCUT2D eigenvalue weighted by Crippen LogP contribution is -2.14. The Kier molecular flexibility index (Phi) is 4.26. The summed E-state index contributed by atoms with van der Waals surface area (Å²) >= 11 is 2.95. The van der Waals surface area contributed by atoms with Gasteiger partial charge in [-0.1, -0.05) is 0 Å². The van der Waals surface area contributed by atoms with Gasteiger partial charge in [-0.25, -0.2) is 9.18 Å². The SMILES string of the molecule is CCOC(=O)Nc1cc(F)c(Br)cc1C#N. The number of rotatable bonds is 2. The number of benzene rings is 1. The molecule has 1 aromatic carbocycles. The predicted molar refractivity (Wildman–Crippen MR) is 59.5 cm³/mol. The minimum absolute atomic E-state index is 0.0849. The summed E-state index contributed by atoms with van der Waals surface area (Å²) in [6.07, 6.45) is -0.722. The topological polar surface area (TPSA) is 62.1 Å².